The highest BCUT2D eigenvalue weighted by Crippen LogP contribution is 2.30. The Morgan fingerprint density at radius 2 is 1.66 bits per heavy atom. The zero-order valence-electron chi connectivity index (χ0n) is 22.2. The number of carbonyl (C=O) groups is 3. The van der Waals surface area contributed by atoms with Crippen LogP contribution in [0.4, 0.5) is 15.3 Å². The van der Waals surface area contributed by atoms with E-state index < -0.39 is 5.60 Å². The second-order valence-corrected chi connectivity index (χ2v) is 11.3. The first-order valence-corrected chi connectivity index (χ1v) is 13.5. The van der Waals surface area contributed by atoms with E-state index in [2.05, 4.69) is 15.6 Å². The Labute approximate surface area is 228 Å². The molecule has 0 bridgehead atoms. The van der Waals surface area contributed by atoms with Crippen molar-refractivity contribution in [2.75, 3.05) is 31.5 Å². The molecular weight excluding hydrogens is 506 g/mol. The topological polar surface area (TPSA) is 104 Å². The van der Waals surface area contributed by atoms with Crippen molar-refractivity contribution >= 4 is 35.3 Å². The van der Waals surface area contributed by atoms with Gasteiger partial charge >= 0.3 is 12.1 Å². The molecule has 1 aromatic carbocycles. The highest BCUT2D eigenvalue weighted by Gasteiger charge is 2.38. The number of urea groups is 1. The van der Waals surface area contributed by atoms with E-state index in [-0.39, 0.29) is 35.9 Å². The Kier molecular flexibility index (Phi) is 8.76. The van der Waals surface area contributed by atoms with Crippen LogP contribution in [0.25, 0.3) is 0 Å². The Bertz CT molecular complexity index is 1110. The van der Waals surface area contributed by atoms with Gasteiger partial charge in [-0.05, 0) is 64.3 Å². The summed E-state index contributed by atoms with van der Waals surface area (Å²) in [7, 11) is 0. The van der Waals surface area contributed by atoms with E-state index in [0.29, 0.717) is 56.2 Å². The van der Waals surface area contributed by atoms with E-state index in [1.54, 1.807) is 17.2 Å². The SMILES string of the molecule is CC(C)(C)OC(=O)N1CCC(C(=O)N2CC[C@@H](NC(=O)Nc3ccccc3)[C@H](c3ccc(Cl)cn3)C2)CC1. The number of nitrogens with one attached hydrogen (secondary N) is 2. The third-order valence-corrected chi connectivity index (χ3v) is 7.12. The quantitative estimate of drug-likeness (QED) is 0.573. The number of hydrogen-bond acceptors (Lipinski definition) is 5. The lowest BCUT2D eigenvalue weighted by Crippen LogP contribution is -2.54. The normalized spacial score (nSPS) is 20.5. The van der Waals surface area contributed by atoms with E-state index in [9.17, 15) is 14.4 Å². The summed E-state index contributed by atoms with van der Waals surface area (Å²) in [5.74, 6) is -0.258. The van der Waals surface area contributed by atoms with Crippen LogP contribution in [0.5, 0.6) is 0 Å². The zero-order chi connectivity index (χ0) is 27.3. The Hall–Kier alpha value is -3.33. The third kappa shape index (κ3) is 7.37. The molecule has 3 heterocycles. The van der Waals surface area contributed by atoms with Crippen molar-refractivity contribution in [2.24, 2.45) is 5.92 Å². The number of para-hydroxylation sites is 1. The van der Waals surface area contributed by atoms with Crippen molar-refractivity contribution in [1.82, 2.24) is 20.1 Å². The lowest BCUT2D eigenvalue weighted by molar-refractivity contribution is -0.138. The number of ether oxygens (including phenoxy) is 1. The molecule has 4 rings (SSSR count). The van der Waals surface area contributed by atoms with Gasteiger partial charge in [0.05, 0.1) is 5.02 Å². The fourth-order valence-electron chi connectivity index (χ4n) is 4.98. The maximum atomic E-state index is 13.5. The first kappa shape index (κ1) is 27.7. The van der Waals surface area contributed by atoms with Gasteiger partial charge in [-0.15, -0.1) is 0 Å². The van der Waals surface area contributed by atoms with Crippen LogP contribution in [0, 0.1) is 5.92 Å². The predicted octanol–water partition coefficient (Wildman–Crippen LogP) is 4.89. The highest BCUT2D eigenvalue weighted by atomic mass is 35.5. The van der Waals surface area contributed by atoms with Crippen LogP contribution in [0.3, 0.4) is 0 Å². The van der Waals surface area contributed by atoms with Gasteiger partial charge in [-0.25, -0.2) is 9.59 Å². The van der Waals surface area contributed by atoms with Gasteiger partial charge in [-0.2, -0.15) is 0 Å². The molecule has 0 spiro atoms. The molecule has 2 saturated heterocycles. The molecule has 204 valence electrons. The van der Waals surface area contributed by atoms with Gasteiger partial charge in [0.1, 0.15) is 5.60 Å². The summed E-state index contributed by atoms with van der Waals surface area (Å²) in [5.41, 5.74) is 0.929. The summed E-state index contributed by atoms with van der Waals surface area (Å²) >= 11 is 6.07. The maximum absolute atomic E-state index is 13.5. The average molecular weight is 542 g/mol. The van der Waals surface area contributed by atoms with Gasteiger partial charge < -0.3 is 25.2 Å². The minimum Gasteiger partial charge on any atom is -0.444 e. The molecule has 2 atom stereocenters. The summed E-state index contributed by atoms with van der Waals surface area (Å²) in [6.07, 6.45) is 3.04. The van der Waals surface area contributed by atoms with Gasteiger partial charge in [0.2, 0.25) is 5.91 Å². The largest absolute Gasteiger partial charge is 0.444 e. The van der Waals surface area contributed by atoms with Crippen LogP contribution in [0.1, 0.15) is 51.6 Å². The molecule has 2 aromatic rings. The first-order chi connectivity index (χ1) is 18.1. The van der Waals surface area contributed by atoms with Crippen LogP contribution in [-0.4, -0.2) is 70.6 Å². The third-order valence-electron chi connectivity index (χ3n) is 6.90. The number of carbonyl (C=O) groups excluding carboxylic acids is 3. The van der Waals surface area contributed by atoms with Gasteiger partial charge in [0.15, 0.2) is 0 Å². The van der Waals surface area contributed by atoms with Gasteiger partial charge in [-0.1, -0.05) is 29.8 Å². The van der Waals surface area contributed by atoms with Crippen molar-refractivity contribution in [1.29, 1.82) is 0 Å². The number of anilines is 1. The van der Waals surface area contributed by atoms with Crippen LogP contribution in [0.15, 0.2) is 48.7 Å². The lowest BCUT2D eigenvalue weighted by atomic mass is 9.87. The fraction of sp³-hybridized carbons (Fsp3) is 0.500. The van der Waals surface area contributed by atoms with Crippen LogP contribution in [0.2, 0.25) is 5.02 Å². The van der Waals surface area contributed by atoms with E-state index in [1.807, 2.05) is 62.1 Å². The lowest BCUT2D eigenvalue weighted by Gasteiger charge is -2.41. The molecule has 2 fully saturated rings. The monoisotopic (exact) mass is 541 g/mol. The molecular formula is C28H36ClN5O4. The number of aromatic nitrogens is 1. The zero-order valence-corrected chi connectivity index (χ0v) is 22.9. The molecule has 9 nitrogen and oxygen atoms in total. The second kappa shape index (κ2) is 12.0. The number of rotatable bonds is 4. The molecule has 38 heavy (non-hydrogen) atoms. The van der Waals surface area contributed by atoms with Crippen molar-refractivity contribution < 1.29 is 19.1 Å². The number of pyridine rings is 1. The van der Waals surface area contributed by atoms with Crippen molar-refractivity contribution in [3.8, 4) is 0 Å². The van der Waals surface area contributed by atoms with Gasteiger partial charge in [0, 0.05) is 61.6 Å². The molecule has 0 aliphatic carbocycles. The van der Waals surface area contributed by atoms with E-state index in [4.69, 9.17) is 16.3 Å². The average Bonchev–Trinajstić information content (AvgIpc) is 2.89. The second-order valence-electron chi connectivity index (χ2n) is 10.9. The van der Waals surface area contributed by atoms with Crippen molar-refractivity contribution in [2.45, 2.75) is 57.6 Å². The Morgan fingerprint density at radius 1 is 0.974 bits per heavy atom. The predicted molar refractivity (Wildman–Crippen MR) is 146 cm³/mol. The summed E-state index contributed by atoms with van der Waals surface area (Å²) in [6, 6.07) is 12.4. The number of nitrogens with zero attached hydrogens (tertiary/aromatic N) is 3. The summed E-state index contributed by atoms with van der Waals surface area (Å²) in [4.78, 5) is 46.7. The number of halogens is 1. The number of hydrogen-bond donors (Lipinski definition) is 2. The van der Waals surface area contributed by atoms with Gasteiger partial charge in [-0.3, -0.25) is 9.78 Å². The molecule has 10 heteroatoms. The van der Waals surface area contributed by atoms with Crippen molar-refractivity contribution in [3.63, 3.8) is 0 Å². The Balaban J connectivity index is 1.39. The van der Waals surface area contributed by atoms with Crippen LogP contribution < -0.4 is 10.6 Å². The number of benzene rings is 1. The summed E-state index contributed by atoms with van der Waals surface area (Å²) < 4.78 is 5.48. The molecule has 0 radical (unpaired) electrons. The molecule has 1 aromatic heterocycles. The van der Waals surface area contributed by atoms with E-state index >= 15 is 0 Å². The fourth-order valence-corrected chi connectivity index (χ4v) is 5.09. The molecule has 2 N–H and O–H groups in total. The number of amides is 4. The highest BCUT2D eigenvalue weighted by molar-refractivity contribution is 6.30. The molecule has 0 saturated carbocycles. The summed E-state index contributed by atoms with van der Waals surface area (Å²) in [6.45, 7) is 7.49. The number of likely N-dealkylation sites (tertiary alicyclic amines) is 2. The number of piperidine rings is 2. The minimum atomic E-state index is -0.551. The van der Waals surface area contributed by atoms with Gasteiger partial charge in [0.25, 0.3) is 0 Å². The molecule has 2 aliphatic heterocycles. The molecule has 2 aliphatic rings. The van der Waals surface area contributed by atoms with Crippen LogP contribution >= 0.6 is 11.6 Å². The minimum absolute atomic E-state index is 0.0833. The van der Waals surface area contributed by atoms with Crippen LogP contribution in [-0.2, 0) is 9.53 Å². The summed E-state index contributed by atoms with van der Waals surface area (Å²) in [5, 5.41) is 6.48. The van der Waals surface area contributed by atoms with E-state index in [1.165, 1.54) is 0 Å². The standard InChI is InChI=1S/C28H36ClN5O4/c1-28(2,3)38-27(37)33-14-11-19(12-15-33)25(35)34-16-13-24(22(18-34)23-10-9-20(29)17-30-23)32-26(36)31-21-7-5-4-6-8-21/h4-10,17,19,22,24H,11-16,18H2,1-3H3,(H2,31,32,36)/t22-,24+/m0/s1. The Morgan fingerprint density at radius 3 is 2.29 bits per heavy atom. The molecule has 0 unspecified atom stereocenters. The first-order valence-electron chi connectivity index (χ1n) is 13.1. The van der Waals surface area contributed by atoms with E-state index in [0.717, 1.165) is 5.69 Å². The maximum Gasteiger partial charge on any atom is 0.410 e. The van der Waals surface area contributed by atoms with Crippen molar-refractivity contribution in [3.05, 3.63) is 59.4 Å². The smallest absolute Gasteiger partial charge is 0.410 e. The molecule has 4 amide bonds.